The van der Waals surface area contributed by atoms with Crippen molar-refractivity contribution < 1.29 is 14.6 Å². The van der Waals surface area contributed by atoms with Crippen molar-refractivity contribution in [3.8, 4) is 0 Å². The molecule has 3 heteroatoms. The first-order valence-electron chi connectivity index (χ1n) is 10.0. The highest BCUT2D eigenvalue weighted by Crippen LogP contribution is 2.70. The summed E-state index contributed by atoms with van der Waals surface area (Å²) in [5.74, 6) is 0.0833. The van der Waals surface area contributed by atoms with E-state index in [0.717, 1.165) is 51.6 Å². The van der Waals surface area contributed by atoms with Crippen LogP contribution in [0.3, 0.4) is 0 Å². The molecule has 4 rings (SSSR count). The molecule has 6 atom stereocenters. The van der Waals surface area contributed by atoms with Gasteiger partial charge >= 0.3 is 5.97 Å². The predicted octanol–water partition coefficient (Wildman–Crippen LogP) is 4.98. The minimum absolute atomic E-state index is 0.00538. The fourth-order valence-corrected chi connectivity index (χ4v) is 7.20. The molecule has 2 bridgehead atoms. The van der Waals surface area contributed by atoms with Gasteiger partial charge in [-0.25, -0.2) is 0 Å². The van der Waals surface area contributed by atoms with Crippen molar-refractivity contribution in [1.82, 2.24) is 0 Å². The van der Waals surface area contributed by atoms with E-state index in [2.05, 4.69) is 26.5 Å². The molecule has 0 aliphatic heterocycles. The smallest absolute Gasteiger partial charge is 0.309 e. The first-order valence-corrected chi connectivity index (χ1v) is 10.0. The third-order valence-corrected chi connectivity index (χ3v) is 8.30. The van der Waals surface area contributed by atoms with Gasteiger partial charge in [0.25, 0.3) is 0 Å². The summed E-state index contributed by atoms with van der Waals surface area (Å²) < 4.78 is 6.10. The second-order valence-electron chi connectivity index (χ2n) is 9.51. The van der Waals surface area contributed by atoms with E-state index in [1.807, 2.05) is 6.92 Å². The number of rotatable bonds is 3. The fraction of sp³-hybridized carbons (Fsp3) is 0.773. The van der Waals surface area contributed by atoms with Crippen LogP contribution in [0.5, 0.6) is 0 Å². The topological polar surface area (TPSA) is 46.5 Å². The van der Waals surface area contributed by atoms with Gasteiger partial charge in [-0.15, -0.1) is 0 Å². The molecular formula is C22H32O3. The summed E-state index contributed by atoms with van der Waals surface area (Å²) in [5, 5.41) is 10.00. The zero-order valence-corrected chi connectivity index (χ0v) is 15.9. The Bertz CT molecular complexity index is 650. The Morgan fingerprint density at radius 1 is 1.36 bits per heavy atom. The summed E-state index contributed by atoms with van der Waals surface area (Å²) in [6.45, 7) is 11.5. The molecule has 3 fully saturated rings. The van der Waals surface area contributed by atoms with Crippen LogP contribution < -0.4 is 0 Å². The average molecular weight is 344 g/mol. The van der Waals surface area contributed by atoms with E-state index >= 15 is 0 Å². The highest BCUT2D eigenvalue weighted by atomic mass is 16.5. The average Bonchev–Trinajstić information content (AvgIpc) is 2.81. The van der Waals surface area contributed by atoms with Crippen LogP contribution in [0.15, 0.2) is 23.8 Å². The molecule has 25 heavy (non-hydrogen) atoms. The third kappa shape index (κ3) is 2.17. The lowest BCUT2D eigenvalue weighted by molar-refractivity contribution is -0.161. The van der Waals surface area contributed by atoms with E-state index in [9.17, 15) is 9.90 Å². The van der Waals surface area contributed by atoms with E-state index in [4.69, 9.17) is 4.74 Å². The van der Waals surface area contributed by atoms with Gasteiger partial charge in [0, 0.05) is 12.5 Å². The second kappa shape index (κ2) is 5.45. The Morgan fingerprint density at radius 2 is 2.12 bits per heavy atom. The number of carboxylic acids is 1. The molecule has 0 radical (unpaired) electrons. The summed E-state index contributed by atoms with van der Waals surface area (Å²) in [4.78, 5) is 12.2. The molecule has 1 N–H and O–H groups in total. The third-order valence-electron chi connectivity index (χ3n) is 8.30. The molecule has 4 aliphatic carbocycles. The van der Waals surface area contributed by atoms with Crippen molar-refractivity contribution in [2.75, 3.05) is 6.61 Å². The maximum atomic E-state index is 12.2. The van der Waals surface area contributed by atoms with Crippen LogP contribution in [0.1, 0.15) is 65.7 Å². The molecular weight excluding hydrogens is 312 g/mol. The van der Waals surface area contributed by atoms with E-state index in [-0.39, 0.29) is 22.9 Å². The summed E-state index contributed by atoms with van der Waals surface area (Å²) in [6, 6.07) is 0. The molecule has 3 saturated carbocycles. The predicted molar refractivity (Wildman–Crippen MR) is 98.2 cm³/mol. The van der Waals surface area contributed by atoms with Crippen LogP contribution in [-0.2, 0) is 9.53 Å². The lowest BCUT2D eigenvalue weighted by Crippen LogP contribution is -2.55. The Labute approximate surface area is 151 Å². The lowest BCUT2D eigenvalue weighted by atomic mass is 9.44. The van der Waals surface area contributed by atoms with Crippen LogP contribution in [-0.4, -0.2) is 23.8 Å². The normalized spacial score (nSPS) is 48.5. The lowest BCUT2D eigenvalue weighted by Gasteiger charge is -2.60. The monoisotopic (exact) mass is 344 g/mol. The van der Waals surface area contributed by atoms with Crippen LogP contribution >= 0.6 is 0 Å². The first-order chi connectivity index (χ1) is 11.8. The fourth-order valence-electron chi connectivity index (χ4n) is 7.20. The van der Waals surface area contributed by atoms with Gasteiger partial charge in [0.15, 0.2) is 0 Å². The molecule has 0 amide bonds. The summed E-state index contributed by atoms with van der Waals surface area (Å²) in [7, 11) is 0. The first kappa shape index (κ1) is 17.3. The van der Waals surface area contributed by atoms with Gasteiger partial charge in [-0.1, -0.05) is 37.1 Å². The number of carbonyl (C=O) groups is 1. The molecule has 4 aliphatic rings. The van der Waals surface area contributed by atoms with Crippen molar-refractivity contribution in [1.29, 1.82) is 0 Å². The van der Waals surface area contributed by atoms with Crippen molar-refractivity contribution in [2.45, 2.75) is 71.8 Å². The number of ether oxygens (including phenoxy) is 1. The molecule has 0 aromatic rings. The van der Waals surface area contributed by atoms with Crippen molar-refractivity contribution in [3.05, 3.63) is 23.8 Å². The SMILES string of the molecule is C=C1CC23CCC4C(C)(C(=O)O)CCCC4(C)C2=CC(OCC)C1C3. The molecule has 1 spiro atoms. The van der Waals surface area contributed by atoms with Gasteiger partial charge in [0.1, 0.15) is 0 Å². The van der Waals surface area contributed by atoms with Crippen molar-refractivity contribution >= 4 is 5.97 Å². The van der Waals surface area contributed by atoms with Crippen LogP contribution in [0, 0.1) is 28.1 Å². The highest BCUT2D eigenvalue weighted by molar-refractivity contribution is 5.75. The van der Waals surface area contributed by atoms with Gasteiger partial charge in [0.05, 0.1) is 11.5 Å². The van der Waals surface area contributed by atoms with Crippen molar-refractivity contribution in [3.63, 3.8) is 0 Å². The van der Waals surface area contributed by atoms with Gasteiger partial charge in [-0.2, -0.15) is 0 Å². The number of hydrogen-bond acceptors (Lipinski definition) is 2. The summed E-state index contributed by atoms with van der Waals surface area (Å²) in [6.07, 6.45) is 9.89. The van der Waals surface area contributed by atoms with Crippen LogP contribution in [0.25, 0.3) is 0 Å². The van der Waals surface area contributed by atoms with E-state index in [1.54, 1.807) is 0 Å². The molecule has 0 heterocycles. The quantitative estimate of drug-likeness (QED) is 0.735. The Kier molecular flexibility index (Phi) is 3.78. The number of hydrogen-bond donors (Lipinski definition) is 1. The Morgan fingerprint density at radius 3 is 2.80 bits per heavy atom. The van der Waals surface area contributed by atoms with Gasteiger partial charge in [-0.05, 0) is 69.1 Å². The Hall–Kier alpha value is -1.09. The van der Waals surface area contributed by atoms with E-state index in [1.165, 1.54) is 11.1 Å². The van der Waals surface area contributed by atoms with Gasteiger partial charge in [0.2, 0.25) is 0 Å². The standard InChI is InChI=1S/C22H32O3/c1-5-25-16-11-18-20(3)8-6-9-21(4,19(23)24)17(20)7-10-22(18)12-14(2)15(16)13-22/h11,15-17H,2,5-10,12-13H2,1,3-4H3,(H,23,24). The van der Waals surface area contributed by atoms with E-state index in [0.29, 0.717) is 5.92 Å². The van der Waals surface area contributed by atoms with Gasteiger partial charge < -0.3 is 9.84 Å². The second-order valence-corrected chi connectivity index (χ2v) is 9.51. The molecule has 3 nitrogen and oxygen atoms in total. The number of aliphatic carboxylic acids is 1. The number of fused-ring (bicyclic) bond motifs is 3. The van der Waals surface area contributed by atoms with Crippen molar-refractivity contribution in [2.24, 2.45) is 28.1 Å². The van der Waals surface area contributed by atoms with E-state index < -0.39 is 11.4 Å². The van der Waals surface area contributed by atoms with Crippen LogP contribution in [0.4, 0.5) is 0 Å². The maximum absolute atomic E-state index is 12.2. The van der Waals surface area contributed by atoms with Crippen LogP contribution in [0.2, 0.25) is 0 Å². The number of carboxylic acid groups (broad SMARTS) is 1. The zero-order valence-electron chi connectivity index (χ0n) is 15.9. The minimum atomic E-state index is -0.606. The highest BCUT2D eigenvalue weighted by Gasteiger charge is 2.63. The largest absolute Gasteiger partial charge is 0.481 e. The molecule has 6 unspecified atom stereocenters. The summed E-state index contributed by atoms with van der Waals surface area (Å²) >= 11 is 0. The molecule has 0 saturated heterocycles. The Balaban J connectivity index is 1.81. The number of allylic oxidation sites excluding steroid dienone is 1. The maximum Gasteiger partial charge on any atom is 0.309 e. The zero-order chi connectivity index (χ0) is 18.0. The molecule has 0 aromatic carbocycles. The summed E-state index contributed by atoms with van der Waals surface area (Å²) in [5.41, 5.74) is 2.51. The molecule has 0 aromatic heterocycles. The molecule has 138 valence electrons. The minimum Gasteiger partial charge on any atom is -0.481 e. The van der Waals surface area contributed by atoms with Gasteiger partial charge in [-0.3, -0.25) is 4.79 Å².